The van der Waals surface area contributed by atoms with E-state index in [1.54, 1.807) is 12.1 Å². The summed E-state index contributed by atoms with van der Waals surface area (Å²) in [6, 6.07) is 6.15. The minimum absolute atomic E-state index is 0.0391. The summed E-state index contributed by atoms with van der Waals surface area (Å²) in [5, 5.41) is 3.89. The number of alkyl halides is 3. The average Bonchev–Trinajstić information content (AvgIpc) is 2.60. The number of rotatable bonds is 1. The first kappa shape index (κ1) is 11.9. The highest BCUT2D eigenvalue weighted by Gasteiger charge is 2.38. The van der Waals surface area contributed by atoms with Crippen LogP contribution in [0.1, 0.15) is 11.6 Å². The van der Waals surface area contributed by atoms with E-state index in [0.29, 0.717) is 4.68 Å². The van der Waals surface area contributed by atoms with Crippen molar-refractivity contribution >= 4 is 11.6 Å². The summed E-state index contributed by atoms with van der Waals surface area (Å²) in [6.07, 6.45) is -4.57. The van der Waals surface area contributed by atoms with E-state index in [1.165, 1.54) is 19.1 Å². The van der Waals surface area contributed by atoms with Crippen molar-refractivity contribution in [3.05, 3.63) is 40.9 Å². The van der Waals surface area contributed by atoms with Crippen LogP contribution < -0.4 is 0 Å². The molecule has 0 atom stereocenters. The first-order valence-electron chi connectivity index (χ1n) is 4.65. The maximum atomic E-state index is 12.7. The lowest BCUT2D eigenvalue weighted by molar-refractivity contribution is -0.146. The molecule has 1 heterocycles. The Morgan fingerprint density at radius 3 is 2.47 bits per heavy atom. The minimum Gasteiger partial charge on any atom is -0.208 e. The summed E-state index contributed by atoms with van der Waals surface area (Å²) in [6.45, 7) is 1.39. The number of hydrogen-bond acceptors (Lipinski definition) is 2. The number of aryl methyl sites for hydroxylation is 1. The molecule has 0 bridgehead atoms. The van der Waals surface area contributed by atoms with Crippen molar-refractivity contribution in [2.75, 3.05) is 0 Å². The molecule has 0 unspecified atom stereocenters. The van der Waals surface area contributed by atoms with Gasteiger partial charge in [-0.25, -0.2) is 9.67 Å². The molecule has 1 aromatic heterocycles. The van der Waals surface area contributed by atoms with Gasteiger partial charge in [0.05, 0.1) is 10.7 Å². The van der Waals surface area contributed by atoms with E-state index < -0.39 is 12.0 Å². The molecular formula is C10H7ClF3N3. The van der Waals surface area contributed by atoms with Crippen molar-refractivity contribution in [1.82, 2.24) is 14.8 Å². The van der Waals surface area contributed by atoms with Crippen LogP contribution in [0.3, 0.4) is 0 Å². The SMILES string of the molecule is Cc1nc(C(F)(F)F)n(-c2ccccc2Cl)n1. The van der Waals surface area contributed by atoms with Gasteiger partial charge in [-0.15, -0.1) is 0 Å². The fourth-order valence-electron chi connectivity index (χ4n) is 1.39. The summed E-state index contributed by atoms with van der Waals surface area (Å²) in [4.78, 5) is 3.37. The van der Waals surface area contributed by atoms with Crippen molar-refractivity contribution in [2.24, 2.45) is 0 Å². The van der Waals surface area contributed by atoms with Crippen LogP contribution in [-0.4, -0.2) is 14.8 Å². The Balaban J connectivity index is 2.64. The number of benzene rings is 1. The Morgan fingerprint density at radius 1 is 1.24 bits per heavy atom. The van der Waals surface area contributed by atoms with Gasteiger partial charge in [-0.3, -0.25) is 0 Å². The van der Waals surface area contributed by atoms with Gasteiger partial charge >= 0.3 is 6.18 Å². The van der Waals surface area contributed by atoms with Gasteiger partial charge in [-0.2, -0.15) is 18.3 Å². The maximum absolute atomic E-state index is 12.7. The standard InChI is InChI=1S/C10H7ClF3N3/c1-6-15-9(10(12,13)14)17(16-6)8-5-3-2-4-7(8)11/h2-5H,1H3. The zero-order valence-corrected chi connectivity index (χ0v) is 9.42. The van der Waals surface area contributed by atoms with Gasteiger partial charge in [0.1, 0.15) is 5.82 Å². The smallest absolute Gasteiger partial charge is 0.208 e. The highest BCUT2D eigenvalue weighted by molar-refractivity contribution is 6.32. The van der Waals surface area contributed by atoms with Crippen LogP contribution in [0, 0.1) is 6.92 Å². The predicted octanol–water partition coefficient (Wildman–Crippen LogP) is 3.25. The van der Waals surface area contributed by atoms with Crippen molar-refractivity contribution in [3.63, 3.8) is 0 Å². The molecule has 17 heavy (non-hydrogen) atoms. The van der Waals surface area contributed by atoms with Crippen LogP contribution in [0.2, 0.25) is 5.02 Å². The molecule has 0 fully saturated rings. The Kier molecular flexibility index (Phi) is 2.82. The second kappa shape index (κ2) is 4.03. The van der Waals surface area contributed by atoms with Gasteiger partial charge in [0, 0.05) is 0 Å². The fraction of sp³-hybridized carbons (Fsp3) is 0.200. The molecule has 0 saturated carbocycles. The number of hydrogen-bond donors (Lipinski definition) is 0. The maximum Gasteiger partial charge on any atom is 0.451 e. The number of halogens is 4. The molecule has 0 aliphatic carbocycles. The topological polar surface area (TPSA) is 30.7 Å². The summed E-state index contributed by atoms with van der Waals surface area (Å²) >= 11 is 5.83. The van der Waals surface area contributed by atoms with Crippen LogP contribution in [0.4, 0.5) is 13.2 Å². The summed E-state index contributed by atoms with van der Waals surface area (Å²) in [5.74, 6) is -1.04. The lowest BCUT2D eigenvalue weighted by Crippen LogP contribution is -2.14. The molecular weight excluding hydrogens is 255 g/mol. The third kappa shape index (κ3) is 2.26. The molecule has 0 saturated heterocycles. The van der Waals surface area contributed by atoms with E-state index in [9.17, 15) is 13.2 Å². The van der Waals surface area contributed by atoms with Crippen molar-refractivity contribution in [1.29, 1.82) is 0 Å². The Labute approximate surface area is 99.8 Å². The molecule has 0 spiro atoms. The molecule has 7 heteroatoms. The minimum atomic E-state index is -4.57. The van der Waals surface area contributed by atoms with Gasteiger partial charge in [0.2, 0.25) is 5.82 Å². The zero-order chi connectivity index (χ0) is 12.6. The van der Waals surface area contributed by atoms with E-state index >= 15 is 0 Å². The number of nitrogens with zero attached hydrogens (tertiary/aromatic N) is 3. The molecule has 1 aromatic carbocycles. The molecule has 0 radical (unpaired) electrons. The molecule has 0 amide bonds. The monoisotopic (exact) mass is 261 g/mol. The Hall–Kier alpha value is -1.56. The van der Waals surface area contributed by atoms with E-state index in [2.05, 4.69) is 10.1 Å². The van der Waals surface area contributed by atoms with Crippen LogP contribution in [-0.2, 0) is 6.18 Å². The molecule has 2 rings (SSSR count). The first-order chi connectivity index (χ1) is 7.89. The van der Waals surface area contributed by atoms with Crippen molar-refractivity contribution in [2.45, 2.75) is 13.1 Å². The third-order valence-corrected chi connectivity index (χ3v) is 2.37. The second-order valence-corrected chi connectivity index (χ2v) is 3.75. The van der Waals surface area contributed by atoms with Gasteiger partial charge in [0.15, 0.2) is 0 Å². The summed E-state index contributed by atoms with van der Waals surface area (Å²) in [5.41, 5.74) is 0.155. The molecule has 0 aliphatic heterocycles. The number of para-hydroxylation sites is 1. The van der Waals surface area contributed by atoms with Gasteiger partial charge in [-0.1, -0.05) is 23.7 Å². The van der Waals surface area contributed by atoms with Crippen molar-refractivity contribution < 1.29 is 13.2 Å². The Bertz CT molecular complexity index is 548. The molecule has 90 valence electrons. The number of aromatic nitrogens is 3. The molecule has 3 nitrogen and oxygen atoms in total. The normalized spacial score (nSPS) is 11.8. The Morgan fingerprint density at radius 2 is 1.88 bits per heavy atom. The summed E-state index contributed by atoms with van der Waals surface area (Å²) in [7, 11) is 0. The van der Waals surface area contributed by atoms with Crippen LogP contribution in [0.15, 0.2) is 24.3 Å². The lowest BCUT2D eigenvalue weighted by atomic mass is 10.3. The predicted molar refractivity (Wildman–Crippen MR) is 56.1 cm³/mol. The van der Waals surface area contributed by atoms with E-state index in [0.717, 1.165) is 0 Å². The second-order valence-electron chi connectivity index (χ2n) is 3.34. The van der Waals surface area contributed by atoms with E-state index in [4.69, 9.17) is 11.6 Å². The quantitative estimate of drug-likeness (QED) is 0.789. The van der Waals surface area contributed by atoms with Crippen LogP contribution in [0.25, 0.3) is 5.69 Å². The third-order valence-electron chi connectivity index (χ3n) is 2.05. The largest absolute Gasteiger partial charge is 0.451 e. The fourth-order valence-corrected chi connectivity index (χ4v) is 1.61. The van der Waals surface area contributed by atoms with Crippen molar-refractivity contribution in [3.8, 4) is 5.69 Å². The first-order valence-corrected chi connectivity index (χ1v) is 5.03. The summed E-state index contributed by atoms with van der Waals surface area (Å²) < 4.78 is 38.8. The highest BCUT2D eigenvalue weighted by atomic mass is 35.5. The molecule has 0 N–H and O–H groups in total. The van der Waals surface area contributed by atoms with E-state index in [-0.39, 0.29) is 16.5 Å². The van der Waals surface area contributed by atoms with E-state index in [1.807, 2.05) is 0 Å². The molecule has 2 aromatic rings. The average molecular weight is 262 g/mol. The van der Waals surface area contributed by atoms with Crippen LogP contribution >= 0.6 is 11.6 Å². The van der Waals surface area contributed by atoms with Gasteiger partial charge in [-0.05, 0) is 19.1 Å². The lowest BCUT2D eigenvalue weighted by Gasteiger charge is -2.09. The van der Waals surface area contributed by atoms with Gasteiger partial charge in [0.25, 0.3) is 0 Å². The zero-order valence-electron chi connectivity index (χ0n) is 8.66. The molecule has 0 aliphatic rings. The highest BCUT2D eigenvalue weighted by Crippen LogP contribution is 2.31. The van der Waals surface area contributed by atoms with Gasteiger partial charge < -0.3 is 0 Å². The van der Waals surface area contributed by atoms with Crippen LogP contribution in [0.5, 0.6) is 0 Å².